The van der Waals surface area contributed by atoms with E-state index in [0.717, 1.165) is 5.56 Å². The van der Waals surface area contributed by atoms with Crippen LogP contribution >= 0.6 is 11.6 Å². The molecule has 1 heterocycles. The molecular weight excluding hydrogens is 253 g/mol. The van der Waals surface area contributed by atoms with Crippen LogP contribution in [-0.4, -0.2) is 4.98 Å². The SMILES string of the molecule is CC(Nc1nc(Cl)ccc1N)c1ccc(F)cc1. The van der Waals surface area contributed by atoms with Crippen LogP contribution in [0, 0.1) is 5.82 Å². The minimum atomic E-state index is -0.258. The molecule has 0 amide bonds. The van der Waals surface area contributed by atoms with Gasteiger partial charge in [0.05, 0.1) is 11.7 Å². The van der Waals surface area contributed by atoms with E-state index in [0.29, 0.717) is 16.7 Å². The average molecular weight is 266 g/mol. The summed E-state index contributed by atoms with van der Waals surface area (Å²) in [7, 11) is 0. The van der Waals surface area contributed by atoms with Gasteiger partial charge in [0.1, 0.15) is 11.0 Å². The molecule has 3 nitrogen and oxygen atoms in total. The van der Waals surface area contributed by atoms with Crippen LogP contribution in [0.15, 0.2) is 36.4 Å². The van der Waals surface area contributed by atoms with Gasteiger partial charge in [-0.1, -0.05) is 23.7 Å². The molecule has 0 spiro atoms. The van der Waals surface area contributed by atoms with Crippen molar-refractivity contribution in [3.63, 3.8) is 0 Å². The van der Waals surface area contributed by atoms with E-state index < -0.39 is 0 Å². The largest absolute Gasteiger partial charge is 0.396 e. The number of hydrogen-bond acceptors (Lipinski definition) is 3. The van der Waals surface area contributed by atoms with Crippen molar-refractivity contribution in [1.29, 1.82) is 0 Å². The molecule has 0 aliphatic rings. The van der Waals surface area contributed by atoms with E-state index in [2.05, 4.69) is 10.3 Å². The Kier molecular flexibility index (Phi) is 3.67. The summed E-state index contributed by atoms with van der Waals surface area (Å²) in [6, 6.07) is 9.55. The van der Waals surface area contributed by atoms with E-state index in [1.54, 1.807) is 24.3 Å². The minimum Gasteiger partial charge on any atom is -0.396 e. The van der Waals surface area contributed by atoms with Gasteiger partial charge < -0.3 is 11.1 Å². The van der Waals surface area contributed by atoms with E-state index in [4.69, 9.17) is 17.3 Å². The van der Waals surface area contributed by atoms with Gasteiger partial charge in [-0.15, -0.1) is 0 Å². The summed E-state index contributed by atoms with van der Waals surface area (Å²) in [5, 5.41) is 3.52. The molecule has 1 unspecified atom stereocenters. The second-order valence-corrected chi connectivity index (χ2v) is 4.38. The predicted molar refractivity (Wildman–Crippen MR) is 72.1 cm³/mol. The van der Waals surface area contributed by atoms with Gasteiger partial charge >= 0.3 is 0 Å². The maximum atomic E-state index is 12.8. The molecule has 1 atom stereocenters. The van der Waals surface area contributed by atoms with Crippen LogP contribution in [0.4, 0.5) is 15.9 Å². The van der Waals surface area contributed by atoms with Gasteiger partial charge in [-0.25, -0.2) is 9.37 Å². The van der Waals surface area contributed by atoms with Crippen molar-refractivity contribution in [2.45, 2.75) is 13.0 Å². The van der Waals surface area contributed by atoms with Crippen LogP contribution in [-0.2, 0) is 0 Å². The summed E-state index contributed by atoms with van der Waals surface area (Å²) in [5.74, 6) is 0.269. The van der Waals surface area contributed by atoms with E-state index in [9.17, 15) is 4.39 Å². The Hall–Kier alpha value is -1.81. The van der Waals surface area contributed by atoms with E-state index in [1.165, 1.54) is 12.1 Å². The first-order chi connectivity index (χ1) is 8.56. The molecular formula is C13H13ClFN3. The van der Waals surface area contributed by atoms with Gasteiger partial charge in [0.15, 0.2) is 5.82 Å². The molecule has 1 aromatic heterocycles. The van der Waals surface area contributed by atoms with Crippen LogP contribution in [0.2, 0.25) is 5.15 Å². The highest BCUT2D eigenvalue weighted by atomic mass is 35.5. The zero-order valence-corrected chi connectivity index (χ0v) is 10.6. The van der Waals surface area contributed by atoms with Crippen molar-refractivity contribution < 1.29 is 4.39 Å². The second-order valence-electron chi connectivity index (χ2n) is 3.99. The van der Waals surface area contributed by atoms with E-state index >= 15 is 0 Å². The number of rotatable bonds is 3. The van der Waals surface area contributed by atoms with Crippen molar-refractivity contribution in [1.82, 2.24) is 4.98 Å². The lowest BCUT2D eigenvalue weighted by Crippen LogP contribution is -2.10. The Bertz CT molecular complexity index is 542. The second kappa shape index (κ2) is 5.23. The van der Waals surface area contributed by atoms with Crippen molar-refractivity contribution in [2.24, 2.45) is 0 Å². The minimum absolute atomic E-state index is 0.0427. The Morgan fingerprint density at radius 1 is 1.22 bits per heavy atom. The molecule has 3 N–H and O–H groups in total. The van der Waals surface area contributed by atoms with Crippen LogP contribution < -0.4 is 11.1 Å². The van der Waals surface area contributed by atoms with Gasteiger partial charge in [0, 0.05) is 0 Å². The third kappa shape index (κ3) is 2.90. The molecule has 0 bridgehead atoms. The van der Waals surface area contributed by atoms with E-state index in [1.807, 2.05) is 6.92 Å². The van der Waals surface area contributed by atoms with Crippen molar-refractivity contribution >= 4 is 23.1 Å². The fourth-order valence-corrected chi connectivity index (χ4v) is 1.75. The lowest BCUT2D eigenvalue weighted by molar-refractivity contribution is 0.626. The van der Waals surface area contributed by atoms with Gasteiger partial charge in [-0.2, -0.15) is 0 Å². The van der Waals surface area contributed by atoms with Crippen LogP contribution in [0.1, 0.15) is 18.5 Å². The number of halogens is 2. The number of nitrogens with zero attached hydrogens (tertiary/aromatic N) is 1. The average Bonchev–Trinajstić information content (AvgIpc) is 2.34. The third-order valence-corrected chi connectivity index (χ3v) is 2.83. The fraction of sp³-hybridized carbons (Fsp3) is 0.154. The van der Waals surface area contributed by atoms with E-state index in [-0.39, 0.29) is 11.9 Å². The highest BCUT2D eigenvalue weighted by molar-refractivity contribution is 6.29. The first kappa shape index (κ1) is 12.6. The molecule has 0 saturated heterocycles. The molecule has 2 aromatic rings. The summed E-state index contributed by atoms with van der Waals surface area (Å²) >= 11 is 5.81. The number of hydrogen-bond donors (Lipinski definition) is 2. The number of nitrogens with two attached hydrogens (primary N) is 1. The highest BCUT2D eigenvalue weighted by Crippen LogP contribution is 2.24. The molecule has 0 saturated carbocycles. The zero-order chi connectivity index (χ0) is 13.1. The summed E-state index contributed by atoms with van der Waals surface area (Å²) in [6.45, 7) is 1.94. The molecule has 94 valence electrons. The summed E-state index contributed by atoms with van der Waals surface area (Å²) in [4.78, 5) is 4.11. The zero-order valence-electron chi connectivity index (χ0n) is 9.82. The fourth-order valence-electron chi connectivity index (χ4n) is 1.60. The first-order valence-electron chi connectivity index (χ1n) is 5.50. The number of nitrogens with one attached hydrogen (secondary N) is 1. The molecule has 0 aliphatic carbocycles. The first-order valence-corrected chi connectivity index (χ1v) is 5.88. The molecule has 5 heteroatoms. The Balaban J connectivity index is 2.18. The number of nitrogen functional groups attached to an aromatic ring is 1. The smallest absolute Gasteiger partial charge is 0.151 e. The topological polar surface area (TPSA) is 50.9 Å². The monoisotopic (exact) mass is 265 g/mol. The van der Waals surface area contributed by atoms with Gasteiger partial charge in [-0.3, -0.25) is 0 Å². The maximum Gasteiger partial charge on any atom is 0.151 e. The molecule has 0 radical (unpaired) electrons. The number of pyridine rings is 1. The number of anilines is 2. The lowest BCUT2D eigenvalue weighted by Gasteiger charge is -2.16. The summed E-state index contributed by atoms with van der Waals surface area (Å²) in [6.07, 6.45) is 0. The van der Waals surface area contributed by atoms with Gasteiger partial charge in [-0.05, 0) is 36.8 Å². The summed E-state index contributed by atoms with van der Waals surface area (Å²) < 4.78 is 12.8. The van der Waals surface area contributed by atoms with Gasteiger partial charge in [0.2, 0.25) is 0 Å². The molecule has 0 fully saturated rings. The Morgan fingerprint density at radius 2 is 1.89 bits per heavy atom. The third-order valence-electron chi connectivity index (χ3n) is 2.62. The molecule has 18 heavy (non-hydrogen) atoms. The molecule has 2 rings (SSSR count). The van der Waals surface area contributed by atoms with Crippen LogP contribution in [0.3, 0.4) is 0 Å². The number of benzene rings is 1. The summed E-state index contributed by atoms with van der Waals surface area (Å²) in [5.41, 5.74) is 7.26. The van der Waals surface area contributed by atoms with Gasteiger partial charge in [0.25, 0.3) is 0 Å². The normalized spacial score (nSPS) is 12.2. The van der Waals surface area contributed by atoms with Crippen molar-refractivity contribution in [2.75, 3.05) is 11.1 Å². The standard InChI is InChI=1S/C13H13ClFN3/c1-8(9-2-4-10(15)5-3-9)17-13-11(16)6-7-12(14)18-13/h2-8H,16H2,1H3,(H,17,18). The van der Waals surface area contributed by atoms with Crippen molar-refractivity contribution in [3.8, 4) is 0 Å². The molecule has 0 aliphatic heterocycles. The Morgan fingerprint density at radius 3 is 2.56 bits per heavy atom. The highest BCUT2D eigenvalue weighted by Gasteiger charge is 2.09. The number of aromatic nitrogens is 1. The predicted octanol–water partition coefficient (Wildman–Crippen LogP) is 3.63. The lowest BCUT2D eigenvalue weighted by atomic mass is 10.1. The maximum absolute atomic E-state index is 12.8. The van der Waals surface area contributed by atoms with Crippen LogP contribution in [0.25, 0.3) is 0 Å². The quantitative estimate of drug-likeness (QED) is 0.833. The van der Waals surface area contributed by atoms with Crippen LogP contribution in [0.5, 0.6) is 0 Å². The molecule has 1 aromatic carbocycles. The Labute approximate surface area is 110 Å². The van der Waals surface area contributed by atoms with Crippen molar-refractivity contribution in [3.05, 3.63) is 52.9 Å².